The summed E-state index contributed by atoms with van der Waals surface area (Å²) in [6.07, 6.45) is 1.93. The van der Waals surface area contributed by atoms with Gasteiger partial charge in [0, 0.05) is 25.0 Å². The van der Waals surface area contributed by atoms with E-state index in [4.69, 9.17) is 20.9 Å². The molecule has 0 N–H and O–H groups in total. The van der Waals surface area contributed by atoms with Crippen LogP contribution in [-0.2, 0) is 17.6 Å². The van der Waals surface area contributed by atoms with Gasteiger partial charge >= 0.3 is 5.97 Å². The minimum Gasteiger partial charge on any atom is -0.426 e. The topological polar surface area (TPSA) is 108 Å². The standard InChI is InChI=1S/C14H14ClN3O5/c1-2-3-12-16-13(23-17-12)6-7-14(19)22-9-4-5-11(18(20)21)10(15)8-9/h4-5,8H,2-3,6-7H2,1H3. The third kappa shape index (κ3) is 4.75. The first-order valence-electron chi connectivity index (χ1n) is 6.95. The second-order valence-corrected chi connectivity index (χ2v) is 5.11. The van der Waals surface area contributed by atoms with Crippen molar-refractivity contribution in [3.05, 3.63) is 45.1 Å². The molecule has 23 heavy (non-hydrogen) atoms. The predicted octanol–water partition coefficient (Wildman–Crippen LogP) is 3.12. The molecular weight excluding hydrogens is 326 g/mol. The van der Waals surface area contributed by atoms with Crippen LogP contribution in [0.2, 0.25) is 5.02 Å². The zero-order chi connectivity index (χ0) is 16.8. The lowest BCUT2D eigenvalue weighted by Gasteiger charge is -2.03. The van der Waals surface area contributed by atoms with Crippen molar-refractivity contribution in [2.24, 2.45) is 0 Å². The predicted molar refractivity (Wildman–Crippen MR) is 80.4 cm³/mol. The maximum Gasteiger partial charge on any atom is 0.311 e. The Balaban J connectivity index is 1.89. The van der Waals surface area contributed by atoms with E-state index in [-0.39, 0.29) is 29.3 Å². The van der Waals surface area contributed by atoms with E-state index in [0.717, 1.165) is 12.8 Å². The number of hydrogen-bond donors (Lipinski definition) is 0. The van der Waals surface area contributed by atoms with Gasteiger partial charge in [-0.2, -0.15) is 4.98 Å². The highest BCUT2D eigenvalue weighted by molar-refractivity contribution is 6.32. The first-order chi connectivity index (χ1) is 11.0. The molecule has 0 atom stereocenters. The Labute approximate surface area is 136 Å². The average molecular weight is 340 g/mol. The maximum absolute atomic E-state index is 11.8. The fraction of sp³-hybridized carbons (Fsp3) is 0.357. The molecule has 0 aliphatic rings. The van der Waals surface area contributed by atoms with Gasteiger partial charge in [0.1, 0.15) is 10.8 Å². The van der Waals surface area contributed by atoms with Crippen LogP contribution < -0.4 is 4.74 Å². The van der Waals surface area contributed by atoms with Crippen molar-refractivity contribution in [1.82, 2.24) is 10.1 Å². The lowest BCUT2D eigenvalue weighted by molar-refractivity contribution is -0.384. The molecule has 0 unspecified atom stereocenters. The SMILES string of the molecule is CCCc1noc(CCC(=O)Oc2ccc([N+](=O)[O-])c(Cl)c2)n1. The second kappa shape index (κ2) is 7.68. The van der Waals surface area contributed by atoms with E-state index in [1.165, 1.54) is 18.2 Å². The van der Waals surface area contributed by atoms with Crippen molar-refractivity contribution in [3.63, 3.8) is 0 Å². The lowest BCUT2D eigenvalue weighted by atomic mass is 10.3. The Morgan fingerprint density at radius 1 is 1.43 bits per heavy atom. The Morgan fingerprint density at radius 3 is 2.87 bits per heavy atom. The van der Waals surface area contributed by atoms with Crippen molar-refractivity contribution in [2.75, 3.05) is 0 Å². The molecule has 0 fully saturated rings. The number of aryl methyl sites for hydroxylation is 2. The normalized spacial score (nSPS) is 10.5. The molecule has 8 nitrogen and oxygen atoms in total. The zero-order valence-electron chi connectivity index (χ0n) is 12.3. The van der Waals surface area contributed by atoms with E-state index < -0.39 is 10.9 Å². The third-order valence-corrected chi connectivity index (χ3v) is 3.18. The smallest absolute Gasteiger partial charge is 0.311 e. The van der Waals surface area contributed by atoms with Gasteiger partial charge in [0.2, 0.25) is 5.89 Å². The molecule has 1 heterocycles. The van der Waals surface area contributed by atoms with Crippen molar-refractivity contribution >= 4 is 23.3 Å². The van der Waals surface area contributed by atoms with Crippen LogP contribution in [-0.4, -0.2) is 21.0 Å². The van der Waals surface area contributed by atoms with E-state index in [1.54, 1.807) is 0 Å². The summed E-state index contributed by atoms with van der Waals surface area (Å²) < 4.78 is 10.1. The van der Waals surface area contributed by atoms with Crippen LogP contribution in [0.1, 0.15) is 31.5 Å². The molecule has 0 radical (unpaired) electrons. The van der Waals surface area contributed by atoms with Crippen molar-refractivity contribution in [3.8, 4) is 5.75 Å². The molecule has 0 aliphatic carbocycles. The molecule has 2 rings (SSSR count). The van der Waals surface area contributed by atoms with Gasteiger partial charge in [-0.05, 0) is 12.5 Å². The van der Waals surface area contributed by atoms with Crippen LogP contribution in [0.4, 0.5) is 5.69 Å². The first kappa shape index (κ1) is 16.9. The number of esters is 1. The van der Waals surface area contributed by atoms with Crippen LogP contribution in [0.5, 0.6) is 5.75 Å². The molecule has 122 valence electrons. The fourth-order valence-electron chi connectivity index (χ4n) is 1.81. The van der Waals surface area contributed by atoms with Crippen LogP contribution in [0.15, 0.2) is 22.7 Å². The molecule has 0 bridgehead atoms. The maximum atomic E-state index is 11.8. The summed E-state index contributed by atoms with van der Waals surface area (Å²) in [7, 11) is 0. The average Bonchev–Trinajstić information content (AvgIpc) is 2.93. The largest absolute Gasteiger partial charge is 0.426 e. The van der Waals surface area contributed by atoms with Gasteiger partial charge < -0.3 is 9.26 Å². The lowest BCUT2D eigenvalue weighted by Crippen LogP contribution is -2.09. The van der Waals surface area contributed by atoms with E-state index in [9.17, 15) is 14.9 Å². The van der Waals surface area contributed by atoms with E-state index in [1.807, 2.05) is 6.92 Å². The number of hydrogen-bond acceptors (Lipinski definition) is 7. The molecule has 0 amide bonds. The molecule has 9 heteroatoms. The summed E-state index contributed by atoms with van der Waals surface area (Å²) in [6, 6.07) is 3.72. The summed E-state index contributed by atoms with van der Waals surface area (Å²) in [5.41, 5.74) is -0.249. The monoisotopic (exact) mass is 339 g/mol. The fourth-order valence-corrected chi connectivity index (χ4v) is 2.05. The van der Waals surface area contributed by atoms with Gasteiger partial charge in [-0.25, -0.2) is 0 Å². The number of aromatic nitrogens is 2. The molecule has 0 saturated heterocycles. The number of nitro benzene ring substituents is 1. The van der Waals surface area contributed by atoms with Gasteiger partial charge in [-0.1, -0.05) is 23.7 Å². The van der Waals surface area contributed by atoms with Crippen LogP contribution in [0.3, 0.4) is 0 Å². The Hall–Kier alpha value is -2.48. The second-order valence-electron chi connectivity index (χ2n) is 4.70. The highest BCUT2D eigenvalue weighted by atomic mass is 35.5. The number of nitro groups is 1. The van der Waals surface area contributed by atoms with Gasteiger partial charge in [0.15, 0.2) is 5.82 Å². The van der Waals surface area contributed by atoms with E-state index in [2.05, 4.69) is 10.1 Å². The van der Waals surface area contributed by atoms with Crippen LogP contribution >= 0.6 is 11.6 Å². The molecule has 1 aromatic heterocycles. The van der Waals surface area contributed by atoms with Gasteiger partial charge in [-0.3, -0.25) is 14.9 Å². The number of halogens is 1. The minimum absolute atomic E-state index is 0.0440. The molecule has 0 spiro atoms. The van der Waals surface area contributed by atoms with Gasteiger partial charge in [-0.15, -0.1) is 0 Å². The van der Waals surface area contributed by atoms with Gasteiger partial charge in [0.05, 0.1) is 11.3 Å². The number of benzene rings is 1. The Bertz CT molecular complexity index is 716. The van der Waals surface area contributed by atoms with E-state index in [0.29, 0.717) is 11.7 Å². The highest BCUT2D eigenvalue weighted by Crippen LogP contribution is 2.28. The number of carbonyl (C=O) groups is 1. The summed E-state index contributed by atoms with van der Waals surface area (Å²) in [5, 5.41) is 14.3. The third-order valence-electron chi connectivity index (χ3n) is 2.87. The van der Waals surface area contributed by atoms with Crippen molar-refractivity contribution in [2.45, 2.75) is 32.6 Å². The molecule has 0 aliphatic heterocycles. The molecule has 0 saturated carbocycles. The quantitative estimate of drug-likeness (QED) is 0.330. The number of ether oxygens (including phenoxy) is 1. The van der Waals surface area contributed by atoms with Crippen LogP contribution in [0.25, 0.3) is 0 Å². The molecule has 1 aromatic carbocycles. The van der Waals surface area contributed by atoms with Gasteiger partial charge in [0.25, 0.3) is 5.69 Å². The summed E-state index contributed by atoms with van der Waals surface area (Å²) in [4.78, 5) is 25.9. The summed E-state index contributed by atoms with van der Waals surface area (Å²) >= 11 is 5.75. The van der Waals surface area contributed by atoms with Crippen molar-refractivity contribution in [1.29, 1.82) is 0 Å². The van der Waals surface area contributed by atoms with Crippen molar-refractivity contribution < 1.29 is 19.0 Å². The molecule has 2 aromatic rings. The van der Waals surface area contributed by atoms with E-state index >= 15 is 0 Å². The van der Waals surface area contributed by atoms with Crippen LogP contribution in [0, 0.1) is 10.1 Å². The molecular formula is C14H14ClN3O5. The number of nitrogens with zero attached hydrogens (tertiary/aromatic N) is 3. The summed E-state index contributed by atoms with van der Waals surface area (Å²) in [5.74, 6) is 0.595. The minimum atomic E-state index is -0.614. The highest BCUT2D eigenvalue weighted by Gasteiger charge is 2.15. The Kier molecular flexibility index (Phi) is 5.64. The summed E-state index contributed by atoms with van der Waals surface area (Å²) in [6.45, 7) is 2.00. The Morgan fingerprint density at radius 2 is 2.22 bits per heavy atom. The number of carbonyl (C=O) groups excluding carboxylic acids is 1. The zero-order valence-corrected chi connectivity index (χ0v) is 13.1. The first-order valence-corrected chi connectivity index (χ1v) is 7.33. The number of rotatable bonds is 7.